The molecule has 0 aromatic heterocycles. The van der Waals surface area contributed by atoms with Gasteiger partial charge in [0.1, 0.15) is 0 Å². The molecule has 0 saturated carbocycles. The second-order valence-electron chi connectivity index (χ2n) is 4.25. The van der Waals surface area contributed by atoms with Gasteiger partial charge in [-0.15, -0.1) is 0 Å². The number of carbonyl (C=O) groups is 1. The Morgan fingerprint density at radius 2 is 2.00 bits per heavy atom. The molecule has 3 heteroatoms. The lowest BCUT2D eigenvalue weighted by Crippen LogP contribution is -2.19. The molecule has 0 rings (SSSR count). The van der Waals surface area contributed by atoms with E-state index in [0.717, 1.165) is 12.8 Å². The molecule has 0 unspecified atom stereocenters. The molecule has 0 heterocycles. The Balaban J connectivity index is 4.06. The third-order valence-corrected chi connectivity index (χ3v) is 2.30. The molecule has 0 spiro atoms. The highest BCUT2D eigenvalue weighted by molar-refractivity contribution is 5.82. The number of esters is 1. The van der Waals surface area contributed by atoms with Crippen molar-refractivity contribution in [3.05, 3.63) is 36.5 Å². The van der Waals surface area contributed by atoms with Crippen molar-refractivity contribution >= 4 is 5.97 Å². The van der Waals surface area contributed by atoms with E-state index in [9.17, 15) is 9.90 Å². The maximum absolute atomic E-state index is 11.0. The first kappa shape index (κ1) is 16.6. The van der Waals surface area contributed by atoms with E-state index in [4.69, 9.17) is 4.74 Å². The first-order chi connectivity index (χ1) is 8.52. The van der Waals surface area contributed by atoms with E-state index < -0.39 is 5.60 Å². The van der Waals surface area contributed by atoms with E-state index in [2.05, 4.69) is 19.1 Å². The van der Waals surface area contributed by atoms with Crippen molar-refractivity contribution in [1.82, 2.24) is 0 Å². The van der Waals surface area contributed by atoms with E-state index in [0.29, 0.717) is 13.0 Å². The van der Waals surface area contributed by atoms with Crippen LogP contribution in [0.1, 0.15) is 40.0 Å². The average molecular weight is 252 g/mol. The number of rotatable bonds is 8. The fourth-order valence-corrected chi connectivity index (χ4v) is 1.33. The number of aliphatic hydroxyl groups is 1. The summed E-state index contributed by atoms with van der Waals surface area (Å²) in [6, 6.07) is 0. The van der Waals surface area contributed by atoms with E-state index in [1.54, 1.807) is 32.1 Å². The van der Waals surface area contributed by atoms with Crippen molar-refractivity contribution in [3.63, 3.8) is 0 Å². The van der Waals surface area contributed by atoms with Crippen LogP contribution < -0.4 is 0 Å². The summed E-state index contributed by atoms with van der Waals surface area (Å²) in [5, 5.41) is 10.0. The number of allylic oxidation sites excluding steroid dienone is 4. The minimum absolute atomic E-state index is 0.368. The van der Waals surface area contributed by atoms with Crippen molar-refractivity contribution in [2.45, 2.75) is 45.6 Å². The van der Waals surface area contributed by atoms with E-state index in [1.807, 2.05) is 0 Å². The Morgan fingerprint density at radius 3 is 2.61 bits per heavy atom. The summed E-state index contributed by atoms with van der Waals surface area (Å²) in [6.07, 6.45) is 12.9. The first-order valence-electron chi connectivity index (χ1n) is 6.42. The molecule has 0 aromatic rings. The second kappa shape index (κ2) is 9.66. The predicted octanol–water partition coefficient (Wildman–Crippen LogP) is 3.16. The second-order valence-corrected chi connectivity index (χ2v) is 4.25. The minimum atomic E-state index is -0.850. The molecule has 0 aliphatic rings. The summed E-state index contributed by atoms with van der Waals surface area (Å²) in [6.45, 7) is 5.96. The van der Waals surface area contributed by atoms with Crippen molar-refractivity contribution in [2.75, 3.05) is 6.61 Å². The maximum atomic E-state index is 11.0. The number of carbonyl (C=O) groups excluding carboxylic acids is 1. The predicted molar refractivity (Wildman–Crippen MR) is 74.2 cm³/mol. The van der Waals surface area contributed by atoms with E-state index >= 15 is 0 Å². The van der Waals surface area contributed by atoms with Crippen molar-refractivity contribution in [2.24, 2.45) is 0 Å². The normalized spacial score (nSPS) is 15.6. The quantitative estimate of drug-likeness (QED) is 0.312. The third-order valence-electron chi connectivity index (χ3n) is 2.30. The topological polar surface area (TPSA) is 46.5 Å². The van der Waals surface area contributed by atoms with Crippen LogP contribution in [0.5, 0.6) is 0 Å². The largest absolute Gasteiger partial charge is 0.463 e. The van der Waals surface area contributed by atoms with Crippen LogP contribution in [0.2, 0.25) is 0 Å². The van der Waals surface area contributed by atoms with Crippen molar-refractivity contribution < 1.29 is 14.6 Å². The van der Waals surface area contributed by atoms with Crippen LogP contribution in [-0.4, -0.2) is 23.3 Å². The van der Waals surface area contributed by atoms with Crippen molar-refractivity contribution in [3.8, 4) is 0 Å². The summed E-state index contributed by atoms with van der Waals surface area (Å²) in [7, 11) is 0. The lowest BCUT2D eigenvalue weighted by atomic mass is 9.99. The van der Waals surface area contributed by atoms with Crippen LogP contribution in [0.3, 0.4) is 0 Å². The third kappa shape index (κ3) is 9.85. The fraction of sp³-hybridized carbons (Fsp3) is 0.533. The molecule has 0 saturated heterocycles. The molecule has 1 atom stereocenters. The highest BCUT2D eigenvalue weighted by Gasteiger charge is 2.13. The number of hydrogen-bond donors (Lipinski definition) is 1. The van der Waals surface area contributed by atoms with Crippen LogP contribution in [0.25, 0.3) is 0 Å². The van der Waals surface area contributed by atoms with Gasteiger partial charge in [0.25, 0.3) is 0 Å². The smallest absolute Gasteiger partial charge is 0.330 e. The van der Waals surface area contributed by atoms with Gasteiger partial charge in [0.05, 0.1) is 12.2 Å². The summed E-state index contributed by atoms with van der Waals surface area (Å²) in [4.78, 5) is 11.0. The summed E-state index contributed by atoms with van der Waals surface area (Å²) in [5.41, 5.74) is -0.850. The summed E-state index contributed by atoms with van der Waals surface area (Å²) >= 11 is 0. The minimum Gasteiger partial charge on any atom is -0.463 e. The zero-order valence-corrected chi connectivity index (χ0v) is 11.6. The first-order valence-corrected chi connectivity index (χ1v) is 6.42. The molecule has 0 amide bonds. The number of hydrogen-bond acceptors (Lipinski definition) is 3. The fourth-order valence-electron chi connectivity index (χ4n) is 1.33. The lowest BCUT2D eigenvalue weighted by Gasteiger charge is -2.17. The van der Waals surface area contributed by atoms with Crippen LogP contribution in [0.15, 0.2) is 36.5 Å². The highest BCUT2D eigenvalue weighted by atomic mass is 16.5. The van der Waals surface area contributed by atoms with Gasteiger partial charge in [-0.3, -0.25) is 0 Å². The van der Waals surface area contributed by atoms with Crippen LogP contribution >= 0.6 is 0 Å². The Labute approximate surface area is 110 Å². The molecule has 0 aliphatic carbocycles. The summed E-state index contributed by atoms with van der Waals surface area (Å²) < 4.78 is 4.73. The average Bonchev–Trinajstić information content (AvgIpc) is 2.31. The molecule has 0 bridgehead atoms. The number of ether oxygens (including phenoxy) is 1. The molecule has 0 fully saturated rings. The maximum Gasteiger partial charge on any atom is 0.330 e. The van der Waals surface area contributed by atoms with Gasteiger partial charge in [-0.2, -0.15) is 0 Å². The molecule has 18 heavy (non-hydrogen) atoms. The Hall–Kier alpha value is -1.35. The standard InChI is InChI=1S/C15H24O3/c1-4-6-7-9-12-15(3,17)13-10-8-11-14(16)18-5-2/h6-8,10-11,13,17H,4-5,9,12H2,1-3H3/b7-6+,11-8+,13-10+/t15-/m1/s1. The van der Waals surface area contributed by atoms with Gasteiger partial charge in [-0.05, 0) is 33.1 Å². The molecule has 0 aliphatic heterocycles. The molecule has 0 radical (unpaired) electrons. The van der Waals surface area contributed by atoms with Gasteiger partial charge in [0.15, 0.2) is 0 Å². The lowest BCUT2D eigenvalue weighted by molar-refractivity contribution is -0.137. The highest BCUT2D eigenvalue weighted by Crippen LogP contribution is 2.14. The van der Waals surface area contributed by atoms with Crippen LogP contribution in [-0.2, 0) is 9.53 Å². The van der Waals surface area contributed by atoms with Gasteiger partial charge >= 0.3 is 5.97 Å². The van der Waals surface area contributed by atoms with Crippen LogP contribution in [0.4, 0.5) is 0 Å². The molecular formula is C15H24O3. The van der Waals surface area contributed by atoms with E-state index in [1.165, 1.54) is 6.08 Å². The Morgan fingerprint density at radius 1 is 1.28 bits per heavy atom. The molecule has 1 N–H and O–H groups in total. The van der Waals surface area contributed by atoms with Gasteiger partial charge in [0, 0.05) is 6.08 Å². The zero-order valence-electron chi connectivity index (χ0n) is 11.6. The van der Waals surface area contributed by atoms with Gasteiger partial charge in [0.2, 0.25) is 0 Å². The molecule has 102 valence electrons. The molecule has 3 nitrogen and oxygen atoms in total. The summed E-state index contributed by atoms with van der Waals surface area (Å²) in [5.74, 6) is -0.368. The van der Waals surface area contributed by atoms with Gasteiger partial charge < -0.3 is 9.84 Å². The molecule has 0 aromatic carbocycles. The van der Waals surface area contributed by atoms with Crippen molar-refractivity contribution in [1.29, 1.82) is 0 Å². The SMILES string of the molecule is CC/C=C/CC[C@@](C)(O)/C=C/C=C/C(=O)OCC. The van der Waals surface area contributed by atoms with E-state index in [-0.39, 0.29) is 5.97 Å². The Bertz CT molecular complexity index is 312. The monoisotopic (exact) mass is 252 g/mol. The Kier molecular flexibility index (Phi) is 8.93. The van der Waals surface area contributed by atoms with Gasteiger partial charge in [-0.1, -0.05) is 37.3 Å². The van der Waals surface area contributed by atoms with Gasteiger partial charge in [-0.25, -0.2) is 4.79 Å². The zero-order chi connectivity index (χ0) is 13.9. The van der Waals surface area contributed by atoms with Crippen LogP contribution in [0, 0.1) is 0 Å². The molecular weight excluding hydrogens is 228 g/mol.